The molecule has 134 valence electrons. The highest BCUT2D eigenvalue weighted by Gasteiger charge is 2.22. The van der Waals surface area contributed by atoms with Crippen molar-refractivity contribution in [2.75, 3.05) is 13.6 Å². The summed E-state index contributed by atoms with van der Waals surface area (Å²) in [6, 6.07) is 11.7. The smallest absolute Gasteiger partial charge is 0.272 e. The number of nitrogens with one attached hydrogen (secondary N) is 1. The second kappa shape index (κ2) is 7.13. The number of nitrogens with zero attached hydrogens (tertiary/aromatic N) is 5. The second-order valence-corrected chi connectivity index (χ2v) is 6.68. The minimum Gasteiger partial charge on any atom is -0.342 e. The summed E-state index contributed by atoms with van der Waals surface area (Å²) in [6.07, 6.45) is 5.39. The van der Waals surface area contributed by atoms with Gasteiger partial charge in [-0.05, 0) is 18.7 Å². The van der Waals surface area contributed by atoms with Gasteiger partial charge in [0.25, 0.3) is 5.91 Å². The Morgan fingerprint density at radius 1 is 1.27 bits per heavy atom. The second-order valence-electron chi connectivity index (χ2n) is 6.68. The van der Waals surface area contributed by atoms with Gasteiger partial charge >= 0.3 is 0 Å². The van der Waals surface area contributed by atoms with Crippen LogP contribution >= 0.6 is 0 Å². The molecule has 0 saturated heterocycles. The lowest BCUT2D eigenvalue weighted by Gasteiger charge is -2.22. The average Bonchev–Trinajstić information content (AvgIpc) is 3.31. The molecule has 0 saturated carbocycles. The summed E-state index contributed by atoms with van der Waals surface area (Å²) in [5.74, 6) is -0.150. The molecule has 1 aliphatic heterocycles. The molecule has 2 aromatic heterocycles. The Labute approximate surface area is 152 Å². The summed E-state index contributed by atoms with van der Waals surface area (Å²) in [7, 11) is 2.08. The number of imidazole rings is 1. The zero-order valence-electron chi connectivity index (χ0n) is 14.7. The van der Waals surface area contributed by atoms with Gasteiger partial charge in [-0.2, -0.15) is 5.10 Å². The topological polar surface area (TPSA) is 68.0 Å². The van der Waals surface area contributed by atoms with E-state index in [0.717, 1.165) is 30.9 Å². The lowest BCUT2D eigenvalue weighted by molar-refractivity contribution is 0.0926. The van der Waals surface area contributed by atoms with Crippen LogP contribution in [0, 0.1) is 0 Å². The van der Waals surface area contributed by atoms with Gasteiger partial charge in [-0.1, -0.05) is 30.3 Å². The van der Waals surface area contributed by atoms with Gasteiger partial charge in [-0.25, -0.2) is 4.98 Å². The van der Waals surface area contributed by atoms with Crippen molar-refractivity contribution in [1.29, 1.82) is 0 Å². The zero-order chi connectivity index (χ0) is 17.9. The van der Waals surface area contributed by atoms with Crippen LogP contribution in [0.5, 0.6) is 0 Å². The normalized spacial score (nSPS) is 15.4. The molecule has 3 heterocycles. The Bertz CT molecular complexity index is 871. The highest BCUT2D eigenvalue weighted by atomic mass is 16.2. The third-order valence-electron chi connectivity index (χ3n) is 4.68. The predicted molar refractivity (Wildman–Crippen MR) is 97.4 cm³/mol. The minimum absolute atomic E-state index is 0.150. The molecule has 1 N–H and O–H groups in total. The van der Waals surface area contributed by atoms with Gasteiger partial charge in [0.05, 0.1) is 24.6 Å². The Kier molecular flexibility index (Phi) is 4.53. The van der Waals surface area contributed by atoms with E-state index >= 15 is 0 Å². The first kappa shape index (κ1) is 16.5. The molecule has 0 aliphatic carbocycles. The lowest BCUT2D eigenvalue weighted by atomic mass is 10.1. The van der Waals surface area contributed by atoms with Crippen molar-refractivity contribution in [3.8, 4) is 0 Å². The molecule has 1 atom stereocenters. The number of carbonyl (C=O) groups excluding carboxylic acids is 1. The molecule has 3 aromatic rings. The highest BCUT2D eigenvalue weighted by Crippen LogP contribution is 2.17. The van der Waals surface area contributed by atoms with Crippen molar-refractivity contribution in [3.63, 3.8) is 0 Å². The largest absolute Gasteiger partial charge is 0.342 e. The molecule has 4 rings (SSSR count). The Morgan fingerprint density at radius 3 is 2.88 bits per heavy atom. The molecule has 0 unspecified atom stereocenters. The molecule has 1 aromatic carbocycles. The highest BCUT2D eigenvalue weighted by molar-refractivity contribution is 5.92. The Balaban J connectivity index is 1.54. The molecule has 0 spiro atoms. The van der Waals surface area contributed by atoms with Crippen LogP contribution in [-0.4, -0.2) is 43.7 Å². The number of aromatic nitrogens is 4. The van der Waals surface area contributed by atoms with Gasteiger partial charge in [0.1, 0.15) is 0 Å². The van der Waals surface area contributed by atoms with E-state index in [9.17, 15) is 4.79 Å². The Hall–Kier alpha value is -2.93. The maximum Gasteiger partial charge on any atom is 0.272 e. The third kappa shape index (κ3) is 3.52. The summed E-state index contributed by atoms with van der Waals surface area (Å²) < 4.78 is 3.90. The number of benzene rings is 1. The van der Waals surface area contributed by atoms with Crippen molar-refractivity contribution >= 4 is 5.91 Å². The Morgan fingerprint density at radius 2 is 2.12 bits per heavy atom. The quantitative estimate of drug-likeness (QED) is 0.760. The van der Waals surface area contributed by atoms with Crippen LogP contribution in [0.15, 0.2) is 55.1 Å². The van der Waals surface area contributed by atoms with Crippen LogP contribution < -0.4 is 5.32 Å². The van der Waals surface area contributed by atoms with E-state index in [1.165, 1.54) is 0 Å². The van der Waals surface area contributed by atoms with Crippen LogP contribution in [0.25, 0.3) is 0 Å². The number of carbonyl (C=O) groups is 1. The number of likely N-dealkylation sites (N-methyl/N-ethyl adjacent to an activating group) is 1. The van der Waals surface area contributed by atoms with Gasteiger partial charge in [-0.15, -0.1) is 0 Å². The van der Waals surface area contributed by atoms with E-state index in [4.69, 9.17) is 0 Å². The molecule has 0 radical (unpaired) electrons. The number of fused-ring (bicyclic) bond motifs is 1. The fourth-order valence-corrected chi connectivity index (χ4v) is 3.27. The van der Waals surface area contributed by atoms with Gasteiger partial charge in [0, 0.05) is 32.0 Å². The van der Waals surface area contributed by atoms with E-state index in [1.807, 2.05) is 51.8 Å². The van der Waals surface area contributed by atoms with E-state index in [0.29, 0.717) is 12.2 Å². The molecule has 0 fully saturated rings. The molecule has 7 heteroatoms. The van der Waals surface area contributed by atoms with Gasteiger partial charge in [-0.3, -0.25) is 14.4 Å². The maximum atomic E-state index is 12.8. The standard InChI is InChI=1S/C19H22N6O/c1-23-9-10-25-16(12-23)11-17(22-25)19(26)21-18(13-24-8-7-20-14-24)15-5-3-2-4-6-15/h2-8,11,14,18H,9-10,12-13H2,1H3,(H,21,26)/t18-/m0/s1. The van der Waals surface area contributed by atoms with Crippen LogP contribution in [0.2, 0.25) is 0 Å². The molecular weight excluding hydrogens is 328 g/mol. The van der Waals surface area contributed by atoms with Crippen molar-refractivity contribution in [3.05, 3.63) is 72.1 Å². The minimum atomic E-state index is -0.153. The molecule has 0 bridgehead atoms. The van der Waals surface area contributed by atoms with E-state index in [2.05, 4.69) is 27.3 Å². The average molecular weight is 350 g/mol. The summed E-state index contributed by atoms with van der Waals surface area (Å²) in [4.78, 5) is 19.1. The first-order valence-corrected chi connectivity index (χ1v) is 8.76. The van der Waals surface area contributed by atoms with Gasteiger partial charge in [0.2, 0.25) is 0 Å². The van der Waals surface area contributed by atoms with Gasteiger partial charge in [0.15, 0.2) is 5.69 Å². The van der Waals surface area contributed by atoms with Crippen LogP contribution in [0.4, 0.5) is 0 Å². The first-order valence-electron chi connectivity index (χ1n) is 8.76. The first-order chi connectivity index (χ1) is 12.7. The summed E-state index contributed by atoms with van der Waals surface area (Å²) in [5.41, 5.74) is 2.61. The maximum absolute atomic E-state index is 12.8. The van der Waals surface area contributed by atoms with Crippen molar-refractivity contribution in [2.24, 2.45) is 0 Å². The van der Waals surface area contributed by atoms with Crippen molar-refractivity contribution in [2.45, 2.75) is 25.7 Å². The van der Waals surface area contributed by atoms with Crippen molar-refractivity contribution in [1.82, 2.24) is 29.5 Å². The van der Waals surface area contributed by atoms with Crippen LogP contribution in [0.3, 0.4) is 0 Å². The predicted octanol–water partition coefficient (Wildman–Crippen LogP) is 1.70. The fraction of sp³-hybridized carbons (Fsp3) is 0.316. The fourth-order valence-electron chi connectivity index (χ4n) is 3.27. The van der Waals surface area contributed by atoms with Gasteiger partial charge < -0.3 is 9.88 Å². The van der Waals surface area contributed by atoms with Crippen LogP contribution in [-0.2, 0) is 19.6 Å². The van der Waals surface area contributed by atoms with E-state index in [-0.39, 0.29) is 11.9 Å². The monoisotopic (exact) mass is 350 g/mol. The van der Waals surface area contributed by atoms with Crippen molar-refractivity contribution < 1.29 is 4.79 Å². The number of hydrogen-bond donors (Lipinski definition) is 1. The zero-order valence-corrected chi connectivity index (χ0v) is 14.7. The summed E-state index contributed by atoms with van der Waals surface area (Å²) in [5, 5.41) is 7.62. The molecule has 7 nitrogen and oxygen atoms in total. The molecule has 26 heavy (non-hydrogen) atoms. The number of amides is 1. The van der Waals surface area contributed by atoms with E-state index < -0.39 is 0 Å². The SMILES string of the molecule is CN1CCn2nc(C(=O)N[C@@H](Cn3ccnc3)c3ccccc3)cc2C1. The number of hydrogen-bond acceptors (Lipinski definition) is 4. The number of rotatable bonds is 5. The molecule has 1 amide bonds. The van der Waals surface area contributed by atoms with E-state index in [1.54, 1.807) is 12.5 Å². The third-order valence-corrected chi connectivity index (χ3v) is 4.68. The summed E-state index contributed by atoms with van der Waals surface area (Å²) >= 11 is 0. The molecular formula is C19H22N6O. The molecule has 1 aliphatic rings. The lowest BCUT2D eigenvalue weighted by Crippen LogP contribution is -2.32. The van der Waals surface area contributed by atoms with Crippen LogP contribution in [0.1, 0.15) is 27.8 Å². The summed E-state index contributed by atoms with van der Waals surface area (Å²) in [6.45, 7) is 3.20.